The predicted octanol–water partition coefficient (Wildman–Crippen LogP) is 4.49. The van der Waals surface area contributed by atoms with E-state index in [2.05, 4.69) is 20.5 Å². The highest BCUT2D eigenvalue weighted by molar-refractivity contribution is 8.00. The second-order valence-electron chi connectivity index (χ2n) is 6.58. The molecule has 2 heterocycles. The summed E-state index contributed by atoms with van der Waals surface area (Å²) >= 11 is 1.36. The number of nitrogens with one attached hydrogen (secondary N) is 1. The maximum Gasteiger partial charge on any atom is 0.242 e. The number of carbonyl (C=O) groups excluding carboxylic acids is 1. The van der Waals surface area contributed by atoms with Gasteiger partial charge in [0.15, 0.2) is 5.82 Å². The van der Waals surface area contributed by atoms with Crippen molar-refractivity contribution in [1.82, 2.24) is 19.7 Å². The Kier molecular flexibility index (Phi) is 5.85. The van der Waals surface area contributed by atoms with Crippen LogP contribution in [-0.4, -0.2) is 25.7 Å². The number of pyridine rings is 1. The Bertz CT molecular complexity index is 1150. The maximum atomic E-state index is 13.3. The van der Waals surface area contributed by atoms with Gasteiger partial charge in [-0.2, -0.15) is 0 Å². The summed E-state index contributed by atoms with van der Waals surface area (Å²) < 4.78 is 15.0. The summed E-state index contributed by atoms with van der Waals surface area (Å²) in [5.41, 5.74) is 2.15. The van der Waals surface area contributed by atoms with Crippen LogP contribution in [0.3, 0.4) is 0 Å². The SMILES string of the molecule is Cn1cnnc1-c1cncc(NC(=O)C(Sc2ccc(F)cc2)c2ccccc2)c1. The van der Waals surface area contributed by atoms with Gasteiger partial charge in [0.05, 0.1) is 11.9 Å². The van der Waals surface area contributed by atoms with E-state index in [1.165, 1.54) is 23.9 Å². The van der Waals surface area contributed by atoms with E-state index in [1.807, 2.05) is 37.4 Å². The van der Waals surface area contributed by atoms with E-state index in [9.17, 15) is 9.18 Å². The molecule has 6 nitrogen and oxygen atoms in total. The zero-order chi connectivity index (χ0) is 20.9. The molecule has 30 heavy (non-hydrogen) atoms. The molecule has 2 aromatic heterocycles. The summed E-state index contributed by atoms with van der Waals surface area (Å²) in [6.45, 7) is 0. The topological polar surface area (TPSA) is 72.7 Å². The monoisotopic (exact) mass is 419 g/mol. The lowest BCUT2D eigenvalue weighted by Gasteiger charge is -2.17. The third kappa shape index (κ3) is 4.55. The number of halogens is 1. The van der Waals surface area contributed by atoms with E-state index in [1.54, 1.807) is 41.5 Å². The summed E-state index contributed by atoms with van der Waals surface area (Å²) in [6, 6.07) is 17.4. The lowest BCUT2D eigenvalue weighted by Crippen LogP contribution is -2.19. The van der Waals surface area contributed by atoms with Crippen molar-refractivity contribution in [3.8, 4) is 11.4 Å². The highest BCUT2D eigenvalue weighted by atomic mass is 32.2. The molecule has 0 aliphatic carbocycles. The molecule has 150 valence electrons. The molecule has 0 aliphatic rings. The third-order valence-corrected chi connectivity index (χ3v) is 5.65. The molecule has 1 atom stereocenters. The lowest BCUT2D eigenvalue weighted by molar-refractivity contribution is -0.115. The fourth-order valence-electron chi connectivity index (χ4n) is 2.93. The van der Waals surface area contributed by atoms with Gasteiger partial charge < -0.3 is 9.88 Å². The van der Waals surface area contributed by atoms with Gasteiger partial charge in [-0.25, -0.2) is 4.39 Å². The number of hydrogen-bond donors (Lipinski definition) is 1. The van der Waals surface area contributed by atoms with Crippen LogP contribution in [0, 0.1) is 5.82 Å². The van der Waals surface area contributed by atoms with Crippen LogP contribution in [0.5, 0.6) is 0 Å². The normalized spacial score (nSPS) is 11.8. The van der Waals surface area contributed by atoms with Gasteiger partial charge >= 0.3 is 0 Å². The number of thioether (sulfide) groups is 1. The Labute approximate surface area is 177 Å². The van der Waals surface area contributed by atoms with Crippen LogP contribution < -0.4 is 5.32 Å². The van der Waals surface area contributed by atoms with Gasteiger partial charge in [-0.3, -0.25) is 9.78 Å². The van der Waals surface area contributed by atoms with Gasteiger partial charge in [0, 0.05) is 23.7 Å². The summed E-state index contributed by atoms with van der Waals surface area (Å²) in [6.07, 6.45) is 4.86. The molecule has 1 amide bonds. The average molecular weight is 419 g/mol. The van der Waals surface area contributed by atoms with Crippen molar-refractivity contribution in [2.75, 3.05) is 5.32 Å². The number of aromatic nitrogens is 4. The molecule has 0 saturated carbocycles. The molecule has 0 fully saturated rings. The largest absolute Gasteiger partial charge is 0.323 e. The number of benzene rings is 2. The summed E-state index contributed by atoms with van der Waals surface area (Å²) in [5.74, 6) is 0.137. The van der Waals surface area contributed by atoms with Crippen LogP contribution >= 0.6 is 11.8 Å². The highest BCUT2D eigenvalue weighted by Crippen LogP contribution is 2.36. The second kappa shape index (κ2) is 8.87. The molecule has 0 aliphatic heterocycles. The van der Waals surface area contributed by atoms with Crippen molar-refractivity contribution < 1.29 is 9.18 Å². The predicted molar refractivity (Wildman–Crippen MR) is 114 cm³/mol. The molecule has 0 saturated heterocycles. The minimum Gasteiger partial charge on any atom is -0.323 e. The number of hydrogen-bond acceptors (Lipinski definition) is 5. The highest BCUT2D eigenvalue weighted by Gasteiger charge is 2.22. The molecule has 4 rings (SSSR count). The molecular formula is C22H18FN5OS. The van der Waals surface area contributed by atoms with Crippen molar-refractivity contribution in [2.45, 2.75) is 10.1 Å². The van der Waals surface area contributed by atoms with Crippen LogP contribution in [0.4, 0.5) is 10.1 Å². The Hall–Kier alpha value is -3.52. The van der Waals surface area contributed by atoms with E-state index < -0.39 is 5.25 Å². The fraction of sp³-hybridized carbons (Fsp3) is 0.0909. The van der Waals surface area contributed by atoms with Crippen molar-refractivity contribution >= 4 is 23.4 Å². The molecule has 4 aromatic rings. The van der Waals surface area contributed by atoms with Gasteiger partial charge in [0.25, 0.3) is 0 Å². The first kappa shape index (κ1) is 19.8. The van der Waals surface area contributed by atoms with Gasteiger partial charge in [-0.05, 0) is 35.9 Å². The Morgan fingerprint density at radius 1 is 1.10 bits per heavy atom. The number of anilines is 1. The first-order chi connectivity index (χ1) is 14.6. The zero-order valence-electron chi connectivity index (χ0n) is 16.1. The smallest absolute Gasteiger partial charge is 0.242 e. The zero-order valence-corrected chi connectivity index (χ0v) is 16.9. The second-order valence-corrected chi connectivity index (χ2v) is 7.76. The first-order valence-corrected chi connectivity index (χ1v) is 10.1. The standard InChI is InChI=1S/C22H18FN5OS/c1-28-14-25-27-21(28)16-11-18(13-24-12-16)26-22(29)20(15-5-3-2-4-6-15)30-19-9-7-17(23)8-10-19/h2-14,20H,1H3,(H,26,29). The molecule has 0 spiro atoms. The Morgan fingerprint density at radius 2 is 1.87 bits per heavy atom. The molecule has 0 bridgehead atoms. The van der Waals surface area contributed by atoms with E-state index >= 15 is 0 Å². The van der Waals surface area contributed by atoms with E-state index in [0.717, 1.165) is 16.0 Å². The number of aryl methyl sites for hydroxylation is 1. The summed E-state index contributed by atoms with van der Waals surface area (Å²) in [4.78, 5) is 18.2. The van der Waals surface area contributed by atoms with Gasteiger partial charge in [-0.1, -0.05) is 30.3 Å². The van der Waals surface area contributed by atoms with Crippen molar-refractivity contribution in [2.24, 2.45) is 7.05 Å². The molecular weight excluding hydrogens is 401 g/mol. The minimum atomic E-state index is -0.518. The van der Waals surface area contributed by atoms with Gasteiger partial charge in [0.2, 0.25) is 5.91 Å². The number of amides is 1. The van der Waals surface area contributed by atoms with E-state index in [4.69, 9.17) is 0 Å². The maximum absolute atomic E-state index is 13.3. The molecule has 0 radical (unpaired) electrons. The number of carbonyl (C=O) groups is 1. The number of nitrogens with zero attached hydrogens (tertiary/aromatic N) is 4. The Morgan fingerprint density at radius 3 is 2.57 bits per heavy atom. The molecule has 8 heteroatoms. The van der Waals surface area contributed by atoms with Crippen LogP contribution in [0.2, 0.25) is 0 Å². The van der Waals surface area contributed by atoms with Crippen LogP contribution in [-0.2, 0) is 11.8 Å². The number of rotatable bonds is 6. The van der Waals surface area contributed by atoms with Crippen LogP contribution in [0.1, 0.15) is 10.8 Å². The molecule has 1 N–H and O–H groups in total. The van der Waals surface area contributed by atoms with Crippen molar-refractivity contribution in [1.29, 1.82) is 0 Å². The van der Waals surface area contributed by atoms with Gasteiger partial charge in [-0.15, -0.1) is 22.0 Å². The average Bonchev–Trinajstić information content (AvgIpc) is 3.20. The molecule has 1 unspecified atom stereocenters. The third-order valence-electron chi connectivity index (χ3n) is 4.38. The lowest BCUT2D eigenvalue weighted by atomic mass is 10.1. The Balaban J connectivity index is 1.59. The first-order valence-electron chi connectivity index (χ1n) is 9.17. The minimum absolute atomic E-state index is 0.201. The van der Waals surface area contributed by atoms with Crippen LogP contribution in [0.15, 0.2) is 84.3 Å². The summed E-state index contributed by atoms with van der Waals surface area (Å²) in [7, 11) is 1.84. The van der Waals surface area contributed by atoms with Gasteiger partial charge in [0.1, 0.15) is 17.4 Å². The van der Waals surface area contributed by atoms with E-state index in [0.29, 0.717) is 11.5 Å². The van der Waals surface area contributed by atoms with Crippen LogP contribution in [0.25, 0.3) is 11.4 Å². The summed E-state index contributed by atoms with van der Waals surface area (Å²) in [5, 5.41) is 10.4. The van der Waals surface area contributed by atoms with Crippen molar-refractivity contribution in [3.63, 3.8) is 0 Å². The fourth-order valence-corrected chi connectivity index (χ4v) is 3.96. The van der Waals surface area contributed by atoms with Crippen molar-refractivity contribution in [3.05, 3.63) is 90.8 Å². The molecule has 2 aromatic carbocycles. The van der Waals surface area contributed by atoms with E-state index in [-0.39, 0.29) is 11.7 Å². The quantitative estimate of drug-likeness (QED) is 0.466.